The number of hydrogen-bond acceptors (Lipinski definition) is 3. The second-order valence-electron chi connectivity index (χ2n) is 4.66. The molecule has 0 bridgehead atoms. The van der Waals surface area contributed by atoms with Crippen molar-refractivity contribution in [2.45, 2.75) is 19.8 Å². The molecule has 1 atom stereocenters. The van der Waals surface area contributed by atoms with Gasteiger partial charge in [0.2, 0.25) is 5.91 Å². The van der Waals surface area contributed by atoms with Crippen LogP contribution < -0.4 is 5.73 Å². The lowest BCUT2D eigenvalue weighted by Crippen LogP contribution is -2.38. The minimum Gasteiger partial charge on any atom is -0.393 e. The molecule has 1 rings (SSSR count). The molecule has 0 aliphatic carbocycles. The number of likely N-dealkylation sites (N-methyl/N-ethyl adjacent to an activating group) is 1. The second kappa shape index (κ2) is 6.15. The molecule has 0 aromatic heterocycles. The van der Waals surface area contributed by atoms with Crippen LogP contribution in [0.4, 0.5) is 0 Å². The average molecular weight is 243 g/mol. The Labute approximate surface area is 103 Å². The summed E-state index contributed by atoms with van der Waals surface area (Å²) in [6, 6.07) is 0. The van der Waals surface area contributed by atoms with E-state index in [2.05, 4.69) is 11.8 Å². The van der Waals surface area contributed by atoms with Gasteiger partial charge >= 0.3 is 0 Å². The smallest absolute Gasteiger partial charge is 0.236 e. The van der Waals surface area contributed by atoms with Gasteiger partial charge in [-0.3, -0.25) is 9.69 Å². The van der Waals surface area contributed by atoms with Gasteiger partial charge in [0.1, 0.15) is 0 Å². The molecule has 1 heterocycles. The van der Waals surface area contributed by atoms with Crippen molar-refractivity contribution in [3.8, 4) is 0 Å². The zero-order valence-corrected chi connectivity index (χ0v) is 10.9. The maximum absolute atomic E-state index is 11.8. The number of likely N-dealkylation sites (tertiary alicyclic amines) is 1. The van der Waals surface area contributed by atoms with E-state index in [0.717, 1.165) is 19.0 Å². The zero-order valence-electron chi connectivity index (χ0n) is 10.1. The Kier molecular flexibility index (Phi) is 5.15. The quantitative estimate of drug-likeness (QED) is 0.713. The standard InChI is InChI=1S/C11H21N3OS/c1-9-3-6-14(7-9)8-11(15)13(2)5-4-10(12)16/h9H,3-8H2,1-2H3,(H2,12,16). The number of hydrogen-bond donors (Lipinski definition) is 1. The van der Waals surface area contributed by atoms with E-state index in [0.29, 0.717) is 24.5 Å². The van der Waals surface area contributed by atoms with Crippen LogP contribution in [0.5, 0.6) is 0 Å². The Morgan fingerprint density at radius 2 is 2.31 bits per heavy atom. The molecule has 1 aliphatic rings. The van der Waals surface area contributed by atoms with Crippen LogP contribution in [0.3, 0.4) is 0 Å². The highest BCUT2D eigenvalue weighted by atomic mass is 32.1. The van der Waals surface area contributed by atoms with Crippen molar-refractivity contribution in [2.24, 2.45) is 11.7 Å². The third-order valence-electron chi connectivity index (χ3n) is 2.99. The number of amides is 1. The van der Waals surface area contributed by atoms with Crippen molar-refractivity contribution in [2.75, 3.05) is 33.2 Å². The number of rotatable bonds is 5. The van der Waals surface area contributed by atoms with E-state index in [1.165, 1.54) is 6.42 Å². The first kappa shape index (κ1) is 13.4. The summed E-state index contributed by atoms with van der Waals surface area (Å²) in [5, 5.41) is 0. The Bertz CT molecular complexity index is 270. The third-order valence-corrected chi connectivity index (χ3v) is 3.19. The summed E-state index contributed by atoms with van der Waals surface area (Å²) in [6.07, 6.45) is 1.80. The van der Waals surface area contributed by atoms with Crippen LogP contribution in [0, 0.1) is 5.92 Å². The van der Waals surface area contributed by atoms with Gasteiger partial charge in [0.05, 0.1) is 11.5 Å². The van der Waals surface area contributed by atoms with Crippen molar-refractivity contribution < 1.29 is 4.79 Å². The second-order valence-corrected chi connectivity index (χ2v) is 5.18. The highest BCUT2D eigenvalue weighted by molar-refractivity contribution is 7.80. The first-order chi connectivity index (χ1) is 7.49. The number of carbonyl (C=O) groups excluding carboxylic acids is 1. The summed E-state index contributed by atoms with van der Waals surface area (Å²) in [5.74, 6) is 0.875. The van der Waals surface area contributed by atoms with Crippen molar-refractivity contribution in [3.63, 3.8) is 0 Å². The van der Waals surface area contributed by atoms with Crippen LogP contribution in [0.1, 0.15) is 19.8 Å². The molecule has 0 saturated carbocycles. The van der Waals surface area contributed by atoms with E-state index >= 15 is 0 Å². The highest BCUT2D eigenvalue weighted by Crippen LogP contribution is 2.14. The Morgan fingerprint density at radius 1 is 1.62 bits per heavy atom. The van der Waals surface area contributed by atoms with Crippen LogP contribution in [-0.4, -0.2) is 53.9 Å². The van der Waals surface area contributed by atoms with Gasteiger partial charge in [-0.2, -0.15) is 0 Å². The molecule has 16 heavy (non-hydrogen) atoms. The highest BCUT2D eigenvalue weighted by Gasteiger charge is 2.21. The molecular formula is C11H21N3OS. The fourth-order valence-corrected chi connectivity index (χ4v) is 1.98. The molecule has 5 heteroatoms. The van der Waals surface area contributed by atoms with Crippen molar-refractivity contribution >= 4 is 23.1 Å². The molecular weight excluding hydrogens is 222 g/mol. The molecule has 1 aliphatic heterocycles. The summed E-state index contributed by atoms with van der Waals surface area (Å²) in [5.41, 5.74) is 5.41. The van der Waals surface area contributed by atoms with Gasteiger partial charge in [-0.05, 0) is 18.9 Å². The summed E-state index contributed by atoms with van der Waals surface area (Å²) < 4.78 is 0. The molecule has 0 aromatic carbocycles. The fraction of sp³-hybridized carbons (Fsp3) is 0.818. The number of nitrogens with two attached hydrogens (primary N) is 1. The zero-order chi connectivity index (χ0) is 12.1. The molecule has 0 radical (unpaired) electrons. The van der Waals surface area contributed by atoms with Crippen molar-refractivity contribution in [1.82, 2.24) is 9.80 Å². The first-order valence-corrected chi connectivity index (χ1v) is 6.14. The number of nitrogens with zero attached hydrogens (tertiary/aromatic N) is 2. The Morgan fingerprint density at radius 3 is 2.81 bits per heavy atom. The van der Waals surface area contributed by atoms with Gasteiger partial charge in [0, 0.05) is 26.6 Å². The predicted octanol–water partition coefficient (Wildman–Crippen LogP) is 0.463. The van der Waals surface area contributed by atoms with Crippen LogP contribution in [-0.2, 0) is 4.79 Å². The predicted molar refractivity (Wildman–Crippen MR) is 69.3 cm³/mol. The fourth-order valence-electron chi connectivity index (χ4n) is 1.88. The van der Waals surface area contributed by atoms with Crippen molar-refractivity contribution in [3.05, 3.63) is 0 Å². The molecule has 0 spiro atoms. The van der Waals surface area contributed by atoms with Crippen LogP contribution >= 0.6 is 12.2 Å². The topological polar surface area (TPSA) is 49.6 Å². The van der Waals surface area contributed by atoms with E-state index < -0.39 is 0 Å². The Hall–Kier alpha value is -0.680. The van der Waals surface area contributed by atoms with Crippen molar-refractivity contribution in [1.29, 1.82) is 0 Å². The minimum absolute atomic E-state index is 0.158. The summed E-state index contributed by atoms with van der Waals surface area (Å²) in [6.45, 7) is 5.45. The van der Waals surface area contributed by atoms with Gasteiger partial charge in [-0.1, -0.05) is 19.1 Å². The van der Waals surface area contributed by atoms with E-state index in [4.69, 9.17) is 18.0 Å². The molecule has 2 N–H and O–H groups in total. The maximum Gasteiger partial charge on any atom is 0.236 e. The minimum atomic E-state index is 0.158. The van der Waals surface area contributed by atoms with Gasteiger partial charge in [-0.15, -0.1) is 0 Å². The summed E-state index contributed by atoms with van der Waals surface area (Å²) in [7, 11) is 1.81. The molecule has 1 amide bonds. The van der Waals surface area contributed by atoms with E-state index in [1.54, 1.807) is 11.9 Å². The third kappa shape index (κ3) is 4.45. The molecule has 92 valence electrons. The monoisotopic (exact) mass is 243 g/mol. The van der Waals surface area contributed by atoms with Crippen LogP contribution in [0.15, 0.2) is 0 Å². The maximum atomic E-state index is 11.8. The van der Waals surface area contributed by atoms with Gasteiger partial charge < -0.3 is 10.6 Å². The molecule has 1 fully saturated rings. The molecule has 1 unspecified atom stereocenters. The van der Waals surface area contributed by atoms with Gasteiger partial charge in [0.15, 0.2) is 0 Å². The number of thiocarbonyl (C=S) groups is 1. The molecule has 1 saturated heterocycles. The summed E-state index contributed by atoms with van der Waals surface area (Å²) >= 11 is 4.79. The first-order valence-electron chi connectivity index (χ1n) is 5.73. The SMILES string of the molecule is CC1CCN(CC(=O)N(C)CCC(N)=S)C1. The molecule has 0 aromatic rings. The van der Waals surface area contributed by atoms with E-state index in [-0.39, 0.29) is 5.91 Å². The molecule has 4 nitrogen and oxygen atoms in total. The summed E-state index contributed by atoms with van der Waals surface area (Å²) in [4.78, 5) is 16.2. The average Bonchev–Trinajstić information content (AvgIpc) is 2.60. The van der Waals surface area contributed by atoms with E-state index in [9.17, 15) is 4.79 Å². The lowest BCUT2D eigenvalue weighted by atomic mass is 10.2. The largest absolute Gasteiger partial charge is 0.393 e. The Balaban J connectivity index is 2.26. The lowest BCUT2D eigenvalue weighted by Gasteiger charge is -2.21. The normalized spacial score (nSPS) is 21.0. The van der Waals surface area contributed by atoms with E-state index in [1.807, 2.05) is 0 Å². The van der Waals surface area contributed by atoms with Crippen LogP contribution in [0.25, 0.3) is 0 Å². The lowest BCUT2D eigenvalue weighted by molar-refractivity contribution is -0.130. The van der Waals surface area contributed by atoms with Gasteiger partial charge in [0.25, 0.3) is 0 Å². The number of carbonyl (C=O) groups is 1. The van der Waals surface area contributed by atoms with Crippen LogP contribution in [0.2, 0.25) is 0 Å². The van der Waals surface area contributed by atoms with Gasteiger partial charge in [-0.25, -0.2) is 0 Å².